The van der Waals surface area contributed by atoms with Crippen LogP contribution >= 0.6 is 0 Å². The Morgan fingerprint density at radius 2 is 2.00 bits per heavy atom. The van der Waals surface area contributed by atoms with Crippen LogP contribution in [0.15, 0.2) is 29.1 Å². The number of anilines is 1. The Hall–Kier alpha value is -3.77. The van der Waals surface area contributed by atoms with E-state index < -0.39 is 6.17 Å². The molecule has 12 heteroatoms. The van der Waals surface area contributed by atoms with Crippen LogP contribution in [0.5, 0.6) is 11.8 Å². The summed E-state index contributed by atoms with van der Waals surface area (Å²) in [4.78, 5) is 28.0. The zero-order chi connectivity index (χ0) is 29.9. The van der Waals surface area contributed by atoms with Gasteiger partial charge in [-0.2, -0.15) is 9.97 Å². The largest absolute Gasteiger partial charge is 0.508 e. The molecule has 3 aliphatic rings. The maximum Gasteiger partial charge on any atom is 0.320 e. The summed E-state index contributed by atoms with van der Waals surface area (Å²) in [5.74, 6) is 0.0143. The Labute approximate surface area is 247 Å². The number of nitrogens with zero attached hydrogens (tertiary/aromatic N) is 6. The molecule has 10 nitrogen and oxygen atoms in total. The van der Waals surface area contributed by atoms with Crippen LogP contribution < -0.4 is 15.2 Å². The fourth-order valence-electron chi connectivity index (χ4n) is 7.34. The van der Waals surface area contributed by atoms with E-state index in [-0.39, 0.29) is 35.3 Å². The highest BCUT2D eigenvalue weighted by atomic mass is 19.1. The lowest BCUT2D eigenvalue weighted by Crippen LogP contribution is -2.43. The molecule has 228 valence electrons. The first-order chi connectivity index (χ1) is 20.8. The van der Waals surface area contributed by atoms with Crippen molar-refractivity contribution in [1.29, 1.82) is 0 Å². The molecule has 0 amide bonds. The Bertz CT molecular complexity index is 1770. The topological polar surface area (TPSA) is 97.9 Å². The summed E-state index contributed by atoms with van der Waals surface area (Å²) in [6, 6.07) is 6.14. The molecule has 0 spiro atoms. The lowest BCUT2D eigenvalue weighted by molar-refractivity contribution is 0.107. The number of aromatic nitrogens is 4. The molecular formula is C31H36F2N6O4. The lowest BCUT2D eigenvalue weighted by atomic mass is 9.95. The van der Waals surface area contributed by atoms with Crippen LogP contribution in [0.25, 0.3) is 27.5 Å². The van der Waals surface area contributed by atoms with Crippen molar-refractivity contribution in [1.82, 2.24) is 24.2 Å². The smallest absolute Gasteiger partial charge is 0.320 e. The van der Waals surface area contributed by atoms with Crippen LogP contribution in [0.3, 0.4) is 0 Å². The first kappa shape index (κ1) is 28.0. The molecule has 0 saturated carbocycles. The number of aryl methyl sites for hydroxylation is 2. The van der Waals surface area contributed by atoms with Crippen LogP contribution in [0, 0.1) is 5.82 Å². The Morgan fingerprint density at radius 1 is 1.14 bits per heavy atom. The van der Waals surface area contributed by atoms with Crippen LogP contribution in [-0.4, -0.2) is 87.0 Å². The van der Waals surface area contributed by atoms with Gasteiger partial charge in [-0.05, 0) is 55.3 Å². The molecule has 2 atom stereocenters. The van der Waals surface area contributed by atoms with Crippen LogP contribution in [0.1, 0.15) is 38.2 Å². The number of benzene rings is 2. The van der Waals surface area contributed by atoms with Crippen molar-refractivity contribution in [2.45, 2.75) is 50.7 Å². The monoisotopic (exact) mass is 594 g/mol. The average molecular weight is 595 g/mol. The first-order valence-electron chi connectivity index (χ1n) is 15.1. The Kier molecular flexibility index (Phi) is 7.00. The van der Waals surface area contributed by atoms with Crippen molar-refractivity contribution in [3.8, 4) is 17.4 Å². The predicted molar refractivity (Wildman–Crippen MR) is 159 cm³/mol. The zero-order valence-corrected chi connectivity index (χ0v) is 24.5. The molecule has 7 rings (SSSR count). The first-order valence-corrected chi connectivity index (χ1v) is 15.1. The minimum absolute atomic E-state index is 0.0450. The standard InChI is InChI=1S/C31H36F2N6O4/c1-3-22-23(33)7-6-19-14-21(40)15-24(25(19)22)39-29(41)26-27(36(39)2)34-30(35-28(26)37-9-5-12-42-13-11-37)43-18-31-8-4-10-38(31)17-20(32)16-31/h6-7,14-15,20,40H,3-5,8-13,16-18H2,1-2H3/t20-,31+/m1/s1. The lowest BCUT2D eigenvalue weighted by Gasteiger charge is -2.31. The SMILES string of the molecule is CCc1c(F)ccc2cc(O)cc(-n3c(=O)c4c(N5CCCOCC5)nc(OC[C@@]56CCCN5C[C@H](F)C6)nc4n3C)c12. The summed E-state index contributed by atoms with van der Waals surface area (Å²) in [6.07, 6.45) is 2.53. The van der Waals surface area contributed by atoms with E-state index in [2.05, 4.69) is 4.90 Å². The molecule has 3 fully saturated rings. The van der Waals surface area contributed by atoms with Crippen molar-refractivity contribution < 1.29 is 23.4 Å². The Morgan fingerprint density at radius 3 is 2.84 bits per heavy atom. The number of hydrogen-bond donors (Lipinski definition) is 1. The van der Waals surface area contributed by atoms with E-state index in [1.807, 2.05) is 11.8 Å². The van der Waals surface area contributed by atoms with Gasteiger partial charge in [0.1, 0.15) is 29.7 Å². The van der Waals surface area contributed by atoms with Gasteiger partial charge >= 0.3 is 6.01 Å². The number of alkyl halides is 1. The van der Waals surface area contributed by atoms with E-state index in [9.17, 15) is 14.3 Å². The molecule has 0 unspecified atom stereocenters. The molecule has 3 aliphatic heterocycles. The third kappa shape index (κ3) is 4.62. The second-order valence-corrected chi connectivity index (χ2v) is 11.9. The Balaban J connectivity index is 1.41. The van der Waals surface area contributed by atoms with Crippen LogP contribution in [-0.2, 0) is 18.2 Å². The average Bonchev–Trinajstić information content (AvgIpc) is 3.48. The number of phenolic OH excluding ortho intramolecular Hbond substituents is 1. The van der Waals surface area contributed by atoms with Gasteiger partial charge in [0.25, 0.3) is 5.56 Å². The number of phenols is 1. The van der Waals surface area contributed by atoms with Crippen molar-refractivity contribution >= 4 is 27.6 Å². The molecule has 2 aromatic heterocycles. The highest BCUT2D eigenvalue weighted by molar-refractivity contribution is 5.96. The van der Waals surface area contributed by atoms with E-state index in [1.165, 1.54) is 16.8 Å². The third-order valence-electron chi connectivity index (χ3n) is 9.33. The van der Waals surface area contributed by atoms with Gasteiger partial charge in [-0.1, -0.05) is 13.0 Å². The number of aromatic hydroxyl groups is 1. The van der Waals surface area contributed by atoms with E-state index >= 15 is 4.39 Å². The van der Waals surface area contributed by atoms with Crippen molar-refractivity contribution in [2.75, 3.05) is 50.9 Å². The second-order valence-electron chi connectivity index (χ2n) is 11.9. The summed E-state index contributed by atoms with van der Waals surface area (Å²) in [6.45, 7) is 5.62. The highest BCUT2D eigenvalue weighted by Crippen LogP contribution is 2.40. The molecule has 43 heavy (non-hydrogen) atoms. The summed E-state index contributed by atoms with van der Waals surface area (Å²) in [5, 5.41) is 12.1. The summed E-state index contributed by atoms with van der Waals surface area (Å²) < 4.78 is 44.4. The van der Waals surface area contributed by atoms with E-state index in [1.54, 1.807) is 23.9 Å². The maximum absolute atomic E-state index is 15.0. The van der Waals surface area contributed by atoms with Gasteiger partial charge in [0, 0.05) is 51.2 Å². The van der Waals surface area contributed by atoms with E-state index in [0.29, 0.717) is 84.6 Å². The molecule has 5 heterocycles. The van der Waals surface area contributed by atoms with Gasteiger partial charge in [0.15, 0.2) is 11.5 Å². The quantitative estimate of drug-likeness (QED) is 0.360. The fourth-order valence-corrected chi connectivity index (χ4v) is 7.34. The van der Waals surface area contributed by atoms with Crippen molar-refractivity contribution in [2.24, 2.45) is 7.05 Å². The summed E-state index contributed by atoms with van der Waals surface area (Å²) >= 11 is 0. The summed E-state index contributed by atoms with van der Waals surface area (Å²) in [7, 11) is 1.71. The summed E-state index contributed by atoms with van der Waals surface area (Å²) in [5.41, 5.74) is 0.376. The van der Waals surface area contributed by atoms with E-state index in [4.69, 9.17) is 19.4 Å². The molecular weight excluding hydrogens is 558 g/mol. The number of ether oxygens (including phenoxy) is 2. The third-order valence-corrected chi connectivity index (χ3v) is 9.33. The number of rotatable bonds is 6. The van der Waals surface area contributed by atoms with Gasteiger partial charge in [0.05, 0.1) is 17.8 Å². The molecule has 4 aromatic rings. The maximum atomic E-state index is 15.0. The predicted octanol–water partition coefficient (Wildman–Crippen LogP) is 3.86. The highest BCUT2D eigenvalue weighted by Gasteiger charge is 2.49. The number of hydrogen-bond acceptors (Lipinski definition) is 8. The van der Waals surface area contributed by atoms with Crippen LogP contribution in [0.4, 0.5) is 14.6 Å². The number of fused-ring (bicyclic) bond motifs is 3. The van der Waals surface area contributed by atoms with Crippen molar-refractivity contribution in [3.05, 3.63) is 46.0 Å². The number of halogens is 2. The van der Waals surface area contributed by atoms with Crippen molar-refractivity contribution in [3.63, 3.8) is 0 Å². The van der Waals surface area contributed by atoms with Gasteiger partial charge in [0.2, 0.25) is 0 Å². The molecule has 0 bridgehead atoms. The molecule has 3 saturated heterocycles. The normalized spacial score (nSPS) is 22.9. The minimum atomic E-state index is -0.884. The molecule has 1 N–H and O–H groups in total. The van der Waals surface area contributed by atoms with Gasteiger partial charge < -0.3 is 19.5 Å². The fraction of sp³-hybridized carbons (Fsp3) is 0.516. The van der Waals surface area contributed by atoms with Gasteiger partial charge in [-0.15, -0.1) is 0 Å². The van der Waals surface area contributed by atoms with Gasteiger partial charge in [-0.3, -0.25) is 14.4 Å². The van der Waals surface area contributed by atoms with E-state index in [0.717, 1.165) is 25.8 Å². The molecule has 0 radical (unpaired) electrons. The van der Waals surface area contributed by atoms with Gasteiger partial charge in [-0.25, -0.2) is 13.5 Å². The molecule has 2 aromatic carbocycles. The van der Waals surface area contributed by atoms with Crippen LogP contribution in [0.2, 0.25) is 0 Å². The zero-order valence-electron chi connectivity index (χ0n) is 24.5. The minimum Gasteiger partial charge on any atom is -0.508 e. The molecule has 0 aliphatic carbocycles. The second kappa shape index (κ2) is 10.7.